The zero-order valence-corrected chi connectivity index (χ0v) is 19.0. The monoisotopic (exact) mass is 446 g/mol. The van der Waals surface area contributed by atoms with Gasteiger partial charge in [-0.25, -0.2) is 9.79 Å². The van der Waals surface area contributed by atoms with Crippen LogP contribution in [0.5, 0.6) is 0 Å². The molecule has 11 heteroatoms. The second-order valence-electron chi connectivity index (χ2n) is 6.68. The molecule has 2 saturated heterocycles. The van der Waals surface area contributed by atoms with E-state index in [4.69, 9.17) is 26.0 Å². The maximum atomic E-state index is 12.2. The number of thiophene rings is 1. The summed E-state index contributed by atoms with van der Waals surface area (Å²) in [5, 5.41) is 1.73. The third-order valence-corrected chi connectivity index (χ3v) is 11.0. The van der Waals surface area contributed by atoms with Crippen LogP contribution in [-0.2, 0) is 26.0 Å². The minimum atomic E-state index is -2.34. The van der Waals surface area contributed by atoms with Crippen LogP contribution < -0.4 is 5.30 Å². The third kappa shape index (κ3) is 4.64. The lowest BCUT2D eigenvalue weighted by atomic mass is 10.5. The van der Waals surface area contributed by atoms with Crippen molar-refractivity contribution < 1.29 is 19.0 Å². The van der Waals surface area contributed by atoms with Crippen LogP contribution in [-0.4, -0.2) is 100 Å². The zero-order chi connectivity index (χ0) is 20.1. The van der Waals surface area contributed by atoms with Crippen molar-refractivity contribution >= 4 is 52.1 Å². The van der Waals surface area contributed by atoms with E-state index in [0.717, 1.165) is 36.5 Å². The molecule has 0 radical (unpaired) electrons. The number of rotatable bonds is 6. The predicted molar refractivity (Wildman–Crippen MR) is 116 cm³/mol. The lowest BCUT2D eigenvalue weighted by Crippen LogP contribution is -2.46. The van der Waals surface area contributed by atoms with Gasteiger partial charge in [0.2, 0.25) is 0 Å². The predicted octanol–water partition coefficient (Wildman–Crippen LogP) is 1.36. The summed E-state index contributed by atoms with van der Waals surface area (Å²) in [5.41, 5.74) is 0. The van der Waals surface area contributed by atoms with E-state index in [9.17, 15) is 4.79 Å². The van der Waals surface area contributed by atoms with Crippen LogP contribution in [0.15, 0.2) is 11.1 Å². The first-order valence-electron chi connectivity index (χ1n) is 9.16. The highest BCUT2D eigenvalue weighted by Crippen LogP contribution is 2.56. The molecular weight excluding hydrogens is 419 g/mol. The molecule has 0 saturated carbocycles. The molecule has 0 unspecified atom stereocenters. The quantitative estimate of drug-likeness (QED) is 0.281. The fourth-order valence-electron chi connectivity index (χ4n) is 3.18. The molecule has 0 spiro atoms. The summed E-state index contributed by atoms with van der Waals surface area (Å²) in [6.45, 7) is 5.73. The van der Waals surface area contributed by atoms with Crippen molar-refractivity contribution in [2.75, 3.05) is 73.8 Å². The van der Waals surface area contributed by atoms with E-state index in [1.165, 1.54) is 18.4 Å². The SMILES string of the molecule is COC(=O)c1cc(P(=S)(N2CCOCC2)N2CCOCC2)c(/N=C\N(C)C)s1. The average Bonchev–Trinajstić information content (AvgIpc) is 3.17. The Labute approximate surface area is 175 Å². The van der Waals surface area contributed by atoms with Gasteiger partial charge in [0.15, 0.2) is 0 Å². The number of carbonyl (C=O) groups is 1. The topological polar surface area (TPSA) is 66.8 Å². The maximum Gasteiger partial charge on any atom is 0.348 e. The van der Waals surface area contributed by atoms with E-state index in [-0.39, 0.29) is 5.97 Å². The second kappa shape index (κ2) is 9.75. The Bertz CT molecular complexity index is 736. The number of hydrogen-bond donors (Lipinski definition) is 0. The molecule has 1 aromatic heterocycles. The standard InChI is InChI=1S/C17H27N4O4PS2/c1-19(2)13-18-16-14(12-15(28-16)17(22)23-3)26(27,20-4-8-24-9-5-20)21-6-10-25-11-7-21/h12-13H,4-11H2,1-3H3/b18-13-. The number of methoxy groups -OCH3 is 1. The van der Waals surface area contributed by atoms with Gasteiger partial charge in [-0.1, -0.05) is 11.8 Å². The van der Waals surface area contributed by atoms with Gasteiger partial charge in [-0.3, -0.25) is 9.34 Å². The van der Waals surface area contributed by atoms with Gasteiger partial charge in [0.25, 0.3) is 0 Å². The largest absolute Gasteiger partial charge is 0.465 e. The van der Waals surface area contributed by atoms with Gasteiger partial charge < -0.3 is 19.1 Å². The molecule has 2 aliphatic rings. The Kier molecular flexibility index (Phi) is 7.60. The highest BCUT2D eigenvalue weighted by Gasteiger charge is 2.39. The van der Waals surface area contributed by atoms with E-state index < -0.39 is 6.34 Å². The first kappa shape index (κ1) is 21.8. The van der Waals surface area contributed by atoms with Gasteiger partial charge in [0.05, 0.1) is 45.2 Å². The first-order valence-corrected chi connectivity index (χ1v) is 12.7. The van der Waals surface area contributed by atoms with Crippen molar-refractivity contribution in [3.8, 4) is 0 Å². The van der Waals surface area contributed by atoms with Crippen LogP contribution in [0.25, 0.3) is 0 Å². The Morgan fingerprint density at radius 2 is 1.75 bits per heavy atom. The zero-order valence-electron chi connectivity index (χ0n) is 16.5. The Balaban J connectivity index is 2.10. The number of morpholine rings is 2. The lowest BCUT2D eigenvalue weighted by molar-refractivity contribution is 0.0588. The molecule has 28 heavy (non-hydrogen) atoms. The van der Waals surface area contributed by atoms with Gasteiger partial charge >= 0.3 is 5.97 Å². The summed E-state index contributed by atoms with van der Waals surface area (Å²) in [7, 11) is 5.22. The van der Waals surface area contributed by atoms with Crippen LogP contribution in [0.3, 0.4) is 0 Å². The molecule has 3 heterocycles. The molecule has 0 aromatic carbocycles. The minimum absolute atomic E-state index is 0.358. The van der Waals surface area contributed by atoms with Crippen LogP contribution >= 0.6 is 17.7 Å². The van der Waals surface area contributed by atoms with Crippen molar-refractivity contribution in [3.63, 3.8) is 0 Å². The molecule has 0 atom stereocenters. The number of esters is 1. The molecule has 0 bridgehead atoms. The fourth-order valence-corrected chi connectivity index (χ4v) is 9.15. The van der Waals surface area contributed by atoms with Crippen LogP contribution in [0.2, 0.25) is 0 Å². The van der Waals surface area contributed by atoms with Gasteiger partial charge in [0, 0.05) is 40.3 Å². The molecule has 156 valence electrons. The van der Waals surface area contributed by atoms with Gasteiger partial charge in [0.1, 0.15) is 16.2 Å². The number of ether oxygens (including phenoxy) is 3. The summed E-state index contributed by atoms with van der Waals surface area (Å²) >= 11 is 7.77. The molecule has 0 aliphatic carbocycles. The Hall–Kier alpha value is -0.870. The average molecular weight is 447 g/mol. The lowest BCUT2D eigenvalue weighted by Gasteiger charge is -2.45. The first-order chi connectivity index (χ1) is 13.5. The summed E-state index contributed by atoms with van der Waals surface area (Å²) in [4.78, 5) is 19.3. The highest BCUT2D eigenvalue weighted by atomic mass is 32.4. The van der Waals surface area contributed by atoms with Crippen molar-refractivity contribution in [2.24, 2.45) is 4.99 Å². The van der Waals surface area contributed by atoms with Crippen molar-refractivity contribution in [1.29, 1.82) is 0 Å². The van der Waals surface area contributed by atoms with Crippen molar-refractivity contribution in [2.45, 2.75) is 0 Å². The Morgan fingerprint density at radius 3 is 2.21 bits per heavy atom. The number of aliphatic imine (C=N–C) groups is 1. The van der Waals surface area contributed by atoms with E-state index in [1.54, 1.807) is 6.34 Å². The molecule has 3 rings (SSSR count). The number of carbonyl (C=O) groups excluding carboxylic acids is 1. The third-order valence-electron chi connectivity index (χ3n) is 4.54. The van der Waals surface area contributed by atoms with E-state index in [1.807, 2.05) is 25.1 Å². The molecule has 8 nitrogen and oxygen atoms in total. The second-order valence-corrected chi connectivity index (χ2v) is 11.9. The van der Waals surface area contributed by atoms with Gasteiger partial charge in [-0.05, 0) is 6.07 Å². The molecular formula is C17H27N4O4PS2. The number of hydrogen-bond acceptors (Lipinski definition) is 7. The van der Waals surface area contributed by atoms with Crippen LogP contribution in [0.4, 0.5) is 5.00 Å². The summed E-state index contributed by atoms with van der Waals surface area (Å²) in [6, 6.07) is 1.89. The van der Waals surface area contributed by atoms with Crippen molar-refractivity contribution in [3.05, 3.63) is 10.9 Å². The summed E-state index contributed by atoms with van der Waals surface area (Å²) in [6.07, 6.45) is -0.594. The summed E-state index contributed by atoms with van der Waals surface area (Å²) < 4.78 is 20.8. The van der Waals surface area contributed by atoms with E-state index in [2.05, 4.69) is 14.3 Å². The van der Waals surface area contributed by atoms with Crippen molar-refractivity contribution in [1.82, 2.24) is 14.2 Å². The Morgan fingerprint density at radius 1 is 1.21 bits per heavy atom. The van der Waals surface area contributed by atoms with E-state index in [0.29, 0.717) is 31.3 Å². The van der Waals surface area contributed by atoms with Crippen LogP contribution in [0.1, 0.15) is 9.67 Å². The molecule has 0 N–H and O–H groups in total. The number of nitrogens with zero attached hydrogens (tertiary/aromatic N) is 4. The summed E-state index contributed by atoms with van der Waals surface area (Å²) in [5.74, 6) is -0.358. The fraction of sp³-hybridized carbons (Fsp3) is 0.647. The minimum Gasteiger partial charge on any atom is -0.465 e. The maximum absolute atomic E-state index is 12.2. The molecule has 2 aliphatic heterocycles. The molecule has 2 fully saturated rings. The smallest absolute Gasteiger partial charge is 0.348 e. The molecule has 0 amide bonds. The van der Waals surface area contributed by atoms with E-state index >= 15 is 0 Å². The highest BCUT2D eigenvalue weighted by molar-refractivity contribution is 8.16. The van der Waals surface area contributed by atoms with Gasteiger partial charge in [-0.15, -0.1) is 11.3 Å². The molecule has 1 aromatic rings. The normalized spacial score (nSPS) is 19.8. The van der Waals surface area contributed by atoms with Gasteiger partial charge in [-0.2, -0.15) is 0 Å². The van der Waals surface area contributed by atoms with Crippen LogP contribution in [0, 0.1) is 0 Å².